The highest BCUT2D eigenvalue weighted by atomic mass is 16.5. The zero-order chi connectivity index (χ0) is 13.4. The smallest absolute Gasteiger partial charge is 0.220 e. The van der Waals surface area contributed by atoms with Crippen LogP contribution in [0.1, 0.15) is 32.3 Å². The summed E-state index contributed by atoms with van der Waals surface area (Å²) in [7, 11) is 0. The van der Waals surface area contributed by atoms with Crippen LogP contribution in [-0.4, -0.2) is 23.5 Å². The number of hydrogen-bond acceptors (Lipinski definition) is 4. The van der Waals surface area contributed by atoms with E-state index in [0.717, 1.165) is 5.56 Å². The summed E-state index contributed by atoms with van der Waals surface area (Å²) in [6.07, 6.45) is 2.90. The molecule has 0 fully saturated rings. The third kappa shape index (κ3) is 5.14. The third-order valence-electron chi connectivity index (χ3n) is 2.28. The van der Waals surface area contributed by atoms with Crippen molar-refractivity contribution in [2.75, 3.05) is 6.54 Å². The summed E-state index contributed by atoms with van der Waals surface area (Å²) < 4.78 is 5.58. The van der Waals surface area contributed by atoms with E-state index in [1.54, 1.807) is 6.20 Å². The molecule has 0 aromatic carbocycles. The van der Waals surface area contributed by atoms with Crippen molar-refractivity contribution < 1.29 is 9.53 Å². The molecule has 0 spiro atoms. The van der Waals surface area contributed by atoms with Crippen LogP contribution in [0.15, 0.2) is 18.3 Å². The summed E-state index contributed by atoms with van der Waals surface area (Å²) in [5.41, 5.74) is 6.23. The highest BCUT2D eigenvalue weighted by Gasteiger charge is 2.08. The van der Waals surface area contributed by atoms with Gasteiger partial charge in [0, 0.05) is 24.7 Å². The summed E-state index contributed by atoms with van der Waals surface area (Å²) in [6.45, 7) is 4.85. The van der Waals surface area contributed by atoms with E-state index in [4.69, 9.17) is 10.5 Å². The summed E-state index contributed by atoms with van der Waals surface area (Å²) in [5.74, 6) is 0.575. The van der Waals surface area contributed by atoms with Crippen molar-refractivity contribution in [1.29, 1.82) is 0 Å². The van der Waals surface area contributed by atoms with Gasteiger partial charge in [0.25, 0.3) is 0 Å². The van der Waals surface area contributed by atoms with E-state index >= 15 is 0 Å². The number of amides is 1. The van der Waals surface area contributed by atoms with Crippen LogP contribution in [0.2, 0.25) is 0 Å². The maximum Gasteiger partial charge on any atom is 0.220 e. The van der Waals surface area contributed by atoms with Crippen molar-refractivity contribution in [2.24, 2.45) is 5.73 Å². The molecular formula is C13H21N3O2. The van der Waals surface area contributed by atoms with Crippen LogP contribution < -0.4 is 15.8 Å². The minimum atomic E-state index is -0.000185. The zero-order valence-electron chi connectivity index (χ0n) is 11.0. The molecule has 0 aliphatic rings. The van der Waals surface area contributed by atoms with E-state index < -0.39 is 0 Å². The van der Waals surface area contributed by atoms with Crippen molar-refractivity contribution in [3.8, 4) is 5.88 Å². The van der Waals surface area contributed by atoms with Gasteiger partial charge in [0.2, 0.25) is 11.8 Å². The average Bonchev–Trinajstić information content (AvgIpc) is 2.34. The first-order valence-electron chi connectivity index (χ1n) is 6.20. The Labute approximate surface area is 108 Å². The number of ether oxygens (including phenoxy) is 1. The lowest BCUT2D eigenvalue weighted by Gasteiger charge is -2.13. The summed E-state index contributed by atoms with van der Waals surface area (Å²) in [6, 6.07) is 3.72. The maximum absolute atomic E-state index is 11.5. The topological polar surface area (TPSA) is 77.2 Å². The highest BCUT2D eigenvalue weighted by Crippen LogP contribution is 2.15. The first-order valence-corrected chi connectivity index (χ1v) is 6.20. The number of aromatic nitrogens is 1. The van der Waals surface area contributed by atoms with Crippen LogP contribution in [0.25, 0.3) is 0 Å². The van der Waals surface area contributed by atoms with Gasteiger partial charge in [-0.3, -0.25) is 4.79 Å². The van der Waals surface area contributed by atoms with Crippen LogP contribution in [0.3, 0.4) is 0 Å². The van der Waals surface area contributed by atoms with Gasteiger partial charge in [-0.1, -0.05) is 6.07 Å². The van der Waals surface area contributed by atoms with E-state index in [1.165, 1.54) is 0 Å². The minimum absolute atomic E-state index is 0.000185. The predicted octanol–water partition coefficient (Wildman–Crippen LogP) is 1.22. The molecule has 0 bridgehead atoms. The second-order valence-electron chi connectivity index (χ2n) is 4.30. The number of rotatable bonds is 7. The van der Waals surface area contributed by atoms with E-state index in [2.05, 4.69) is 10.3 Å². The molecule has 18 heavy (non-hydrogen) atoms. The molecule has 1 aromatic rings. The molecule has 0 unspecified atom stereocenters. The molecule has 1 rings (SSSR count). The van der Waals surface area contributed by atoms with Crippen LogP contribution in [0.4, 0.5) is 0 Å². The fraction of sp³-hybridized carbons (Fsp3) is 0.538. The molecule has 100 valence electrons. The minimum Gasteiger partial charge on any atom is -0.475 e. The van der Waals surface area contributed by atoms with E-state index in [9.17, 15) is 4.79 Å². The van der Waals surface area contributed by atoms with Gasteiger partial charge in [-0.25, -0.2) is 4.98 Å². The number of carbonyl (C=O) groups excluding carboxylic acids is 1. The number of nitrogens with one attached hydrogen (secondary N) is 1. The largest absolute Gasteiger partial charge is 0.475 e. The second kappa shape index (κ2) is 7.66. The van der Waals surface area contributed by atoms with Crippen molar-refractivity contribution in [1.82, 2.24) is 10.3 Å². The third-order valence-corrected chi connectivity index (χ3v) is 2.28. The van der Waals surface area contributed by atoms with Gasteiger partial charge in [0.1, 0.15) is 0 Å². The first kappa shape index (κ1) is 14.4. The SMILES string of the molecule is CC(C)Oc1ncccc1CNC(=O)CCCN. The monoisotopic (exact) mass is 251 g/mol. The fourth-order valence-electron chi connectivity index (χ4n) is 1.43. The molecule has 0 atom stereocenters. The summed E-state index contributed by atoms with van der Waals surface area (Å²) >= 11 is 0. The Morgan fingerprint density at radius 2 is 2.33 bits per heavy atom. The lowest BCUT2D eigenvalue weighted by Crippen LogP contribution is -2.24. The van der Waals surface area contributed by atoms with Gasteiger partial charge < -0.3 is 15.8 Å². The standard InChI is InChI=1S/C13H21N3O2/c1-10(2)18-13-11(5-4-8-15-13)9-16-12(17)6-3-7-14/h4-5,8,10H,3,6-7,9,14H2,1-2H3,(H,16,17). The number of nitrogens with zero attached hydrogens (tertiary/aromatic N) is 1. The number of pyridine rings is 1. The Bertz CT molecular complexity index is 380. The highest BCUT2D eigenvalue weighted by molar-refractivity contribution is 5.75. The normalized spacial score (nSPS) is 10.4. The molecule has 3 N–H and O–H groups in total. The Hall–Kier alpha value is -1.62. The molecule has 0 radical (unpaired) electrons. The summed E-state index contributed by atoms with van der Waals surface area (Å²) in [4.78, 5) is 15.6. The molecule has 0 aliphatic carbocycles. The fourth-order valence-corrected chi connectivity index (χ4v) is 1.43. The Morgan fingerprint density at radius 3 is 3.00 bits per heavy atom. The van der Waals surface area contributed by atoms with Gasteiger partial charge in [-0.05, 0) is 32.9 Å². The quantitative estimate of drug-likeness (QED) is 0.764. The van der Waals surface area contributed by atoms with E-state index in [1.807, 2.05) is 26.0 Å². The lowest BCUT2D eigenvalue weighted by molar-refractivity contribution is -0.121. The second-order valence-corrected chi connectivity index (χ2v) is 4.30. The predicted molar refractivity (Wildman–Crippen MR) is 70.1 cm³/mol. The van der Waals surface area contributed by atoms with Crippen LogP contribution in [0.5, 0.6) is 5.88 Å². The molecule has 0 saturated heterocycles. The maximum atomic E-state index is 11.5. The van der Waals surface area contributed by atoms with Crippen molar-refractivity contribution in [2.45, 2.75) is 39.3 Å². The average molecular weight is 251 g/mol. The molecule has 0 aliphatic heterocycles. The molecule has 1 amide bonds. The van der Waals surface area contributed by atoms with Crippen LogP contribution in [0, 0.1) is 0 Å². The zero-order valence-corrected chi connectivity index (χ0v) is 11.0. The number of nitrogens with two attached hydrogens (primary N) is 1. The molecule has 5 nitrogen and oxygen atoms in total. The molecule has 0 saturated carbocycles. The van der Waals surface area contributed by atoms with Gasteiger partial charge in [0.05, 0.1) is 6.10 Å². The van der Waals surface area contributed by atoms with Crippen molar-refractivity contribution in [3.63, 3.8) is 0 Å². The Morgan fingerprint density at radius 1 is 1.56 bits per heavy atom. The van der Waals surface area contributed by atoms with Crippen molar-refractivity contribution in [3.05, 3.63) is 23.9 Å². The van der Waals surface area contributed by atoms with Gasteiger partial charge >= 0.3 is 0 Å². The van der Waals surface area contributed by atoms with E-state index in [0.29, 0.717) is 31.8 Å². The number of carbonyl (C=O) groups is 1. The first-order chi connectivity index (χ1) is 8.63. The Balaban J connectivity index is 2.53. The number of hydrogen-bond donors (Lipinski definition) is 2. The van der Waals surface area contributed by atoms with Crippen molar-refractivity contribution >= 4 is 5.91 Å². The van der Waals surface area contributed by atoms with Crippen LogP contribution >= 0.6 is 0 Å². The van der Waals surface area contributed by atoms with Gasteiger partial charge in [-0.2, -0.15) is 0 Å². The van der Waals surface area contributed by atoms with E-state index in [-0.39, 0.29) is 12.0 Å². The molecule has 1 heterocycles. The molecule has 1 aromatic heterocycles. The van der Waals surface area contributed by atoms with Gasteiger partial charge in [-0.15, -0.1) is 0 Å². The summed E-state index contributed by atoms with van der Waals surface area (Å²) in [5, 5.41) is 2.83. The molecule has 5 heteroatoms. The molecular weight excluding hydrogens is 230 g/mol. The Kier molecular flexibility index (Phi) is 6.14. The van der Waals surface area contributed by atoms with Gasteiger partial charge in [0.15, 0.2) is 0 Å². The lowest BCUT2D eigenvalue weighted by atomic mass is 10.2. The van der Waals surface area contributed by atoms with Crippen LogP contribution in [-0.2, 0) is 11.3 Å².